The van der Waals surface area contributed by atoms with Crippen molar-refractivity contribution >= 4 is 0 Å². The van der Waals surface area contributed by atoms with Gasteiger partial charge in [-0.1, -0.05) is 11.6 Å². The summed E-state index contributed by atoms with van der Waals surface area (Å²) in [5.41, 5.74) is 0.812. The summed E-state index contributed by atoms with van der Waals surface area (Å²) in [4.78, 5) is 0. The molecule has 0 radical (unpaired) electrons. The van der Waals surface area contributed by atoms with Gasteiger partial charge in [-0.15, -0.1) is 0 Å². The van der Waals surface area contributed by atoms with Gasteiger partial charge in [0.25, 0.3) is 0 Å². The first-order chi connectivity index (χ1) is 6.50. The summed E-state index contributed by atoms with van der Waals surface area (Å²) < 4.78 is 25.9. The fraction of sp³-hybridized carbons (Fsp3) is 0.273. The minimum atomic E-state index is -1.09. The maximum absolute atomic E-state index is 13.1. The molecule has 0 aromatic heterocycles. The second-order valence-electron chi connectivity index (χ2n) is 3.35. The quantitative estimate of drug-likeness (QED) is 0.724. The Hall–Kier alpha value is -1.22. The minimum Gasteiger partial charge on any atom is -0.384 e. The molecule has 0 fully saturated rings. The monoisotopic (exact) mass is 198 g/mol. The van der Waals surface area contributed by atoms with Crippen LogP contribution in [-0.4, -0.2) is 5.11 Å². The maximum atomic E-state index is 13.1. The third-order valence-corrected chi connectivity index (χ3v) is 1.77. The number of rotatable bonds is 2. The molecular formula is C11H12F2O. The highest BCUT2D eigenvalue weighted by Gasteiger charge is 2.10. The van der Waals surface area contributed by atoms with E-state index < -0.39 is 17.7 Å². The molecule has 0 saturated heterocycles. The van der Waals surface area contributed by atoms with E-state index in [1.54, 1.807) is 13.8 Å². The number of aliphatic hydroxyl groups excluding tert-OH is 1. The summed E-state index contributed by atoms with van der Waals surface area (Å²) in [5, 5.41) is 9.51. The van der Waals surface area contributed by atoms with Crippen molar-refractivity contribution in [2.24, 2.45) is 0 Å². The lowest BCUT2D eigenvalue weighted by molar-refractivity contribution is 0.221. The summed E-state index contributed by atoms with van der Waals surface area (Å²) >= 11 is 0. The second-order valence-corrected chi connectivity index (χ2v) is 3.35. The molecule has 14 heavy (non-hydrogen) atoms. The lowest BCUT2D eigenvalue weighted by Crippen LogP contribution is -1.98. The SMILES string of the molecule is CC(C)=CC(O)c1cc(F)ccc1F. The zero-order valence-corrected chi connectivity index (χ0v) is 8.09. The number of halogens is 2. The Kier molecular flexibility index (Phi) is 3.36. The van der Waals surface area contributed by atoms with E-state index in [4.69, 9.17) is 0 Å². The third kappa shape index (κ3) is 2.64. The van der Waals surface area contributed by atoms with Gasteiger partial charge in [-0.3, -0.25) is 0 Å². The third-order valence-electron chi connectivity index (χ3n) is 1.77. The first kappa shape index (κ1) is 10.9. The summed E-state index contributed by atoms with van der Waals surface area (Å²) in [7, 11) is 0. The number of hydrogen-bond donors (Lipinski definition) is 1. The molecule has 76 valence electrons. The highest BCUT2D eigenvalue weighted by Crippen LogP contribution is 2.20. The van der Waals surface area contributed by atoms with Gasteiger partial charge >= 0.3 is 0 Å². The van der Waals surface area contributed by atoms with Crippen LogP contribution in [0.15, 0.2) is 29.8 Å². The van der Waals surface area contributed by atoms with Crippen molar-refractivity contribution in [3.05, 3.63) is 47.0 Å². The smallest absolute Gasteiger partial charge is 0.129 e. The van der Waals surface area contributed by atoms with Crippen molar-refractivity contribution in [3.8, 4) is 0 Å². The van der Waals surface area contributed by atoms with Gasteiger partial charge in [0.15, 0.2) is 0 Å². The van der Waals surface area contributed by atoms with Gasteiger partial charge in [-0.25, -0.2) is 8.78 Å². The Balaban J connectivity index is 3.05. The molecular weight excluding hydrogens is 186 g/mol. The van der Waals surface area contributed by atoms with E-state index in [0.717, 1.165) is 23.8 Å². The van der Waals surface area contributed by atoms with Crippen LogP contribution in [0, 0.1) is 11.6 Å². The Labute approximate surface area is 81.7 Å². The zero-order valence-electron chi connectivity index (χ0n) is 8.09. The van der Waals surface area contributed by atoms with Gasteiger partial charge in [0.05, 0.1) is 0 Å². The fourth-order valence-corrected chi connectivity index (χ4v) is 1.15. The molecule has 0 spiro atoms. The molecule has 1 aromatic carbocycles. The zero-order chi connectivity index (χ0) is 10.7. The van der Waals surface area contributed by atoms with Gasteiger partial charge in [0.1, 0.15) is 17.7 Å². The maximum Gasteiger partial charge on any atom is 0.129 e. The molecule has 0 aliphatic carbocycles. The summed E-state index contributed by atoms with van der Waals surface area (Å²) in [6, 6.07) is 3.03. The van der Waals surface area contributed by atoms with E-state index in [2.05, 4.69) is 0 Å². The molecule has 1 N–H and O–H groups in total. The summed E-state index contributed by atoms with van der Waals surface area (Å²) in [5.74, 6) is -1.15. The molecule has 3 heteroatoms. The van der Waals surface area contributed by atoms with Crippen molar-refractivity contribution in [1.29, 1.82) is 0 Å². The van der Waals surface area contributed by atoms with Gasteiger partial charge < -0.3 is 5.11 Å². The van der Waals surface area contributed by atoms with Crippen molar-refractivity contribution in [1.82, 2.24) is 0 Å². The van der Waals surface area contributed by atoms with Crippen LogP contribution >= 0.6 is 0 Å². The first-order valence-corrected chi connectivity index (χ1v) is 4.28. The Morgan fingerprint density at radius 3 is 2.57 bits per heavy atom. The van der Waals surface area contributed by atoms with Crippen LogP contribution < -0.4 is 0 Å². The van der Waals surface area contributed by atoms with Crippen LogP contribution in [0.5, 0.6) is 0 Å². The van der Waals surface area contributed by atoms with Crippen LogP contribution in [0.4, 0.5) is 8.78 Å². The highest BCUT2D eigenvalue weighted by molar-refractivity contribution is 5.24. The first-order valence-electron chi connectivity index (χ1n) is 4.28. The van der Waals surface area contributed by atoms with Crippen LogP contribution in [0.25, 0.3) is 0 Å². The van der Waals surface area contributed by atoms with Gasteiger partial charge in [-0.05, 0) is 32.0 Å². The number of aliphatic hydroxyl groups is 1. The van der Waals surface area contributed by atoms with Crippen molar-refractivity contribution in [3.63, 3.8) is 0 Å². The second kappa shape index (κ2) is 4.33. The average molecular weight is 198 g/mol. The van der Waals surface area contributed by atoms with E-state index in [1.807, 2.05) is 0 Å². The molecule has 1 aromatic rings. The molecule has 0 amide bonds. The van der Waals surface area contributed by atoms with E-state index in [0.29, 0.717) is 0 Å². The van der Waals surface area contributed by atoms with Gasteiger partial charge in [0.2, 0.25) is 0 Å². The summed E-state index contributed by atoms with van der Waals surface area (Å²) in [6.07, 6.45) is 0.383. The van der Waals surface area contributed by atoms with E-state index in [9.17, 15) is 13.9 Å². The number of allylic oxidation sites excluding steroid dienone is 1. The molecule has 0 saturated carbocycles. The van der Waals surface area contributed by atoms with E-state index in [-0.39, 0.29) is 5.56 Å². The normalized spacial score (nSPS) is 12.4. The van der Waals surface area contributed by atoms with Gasteiger partial charge in [0, 0.05) is 5.56 Å². The molecule has 0 bridgehead atoms. The predicted octanol–water partition coefficient (Wildman–Crippen LogP) is 2.96. The Morgan fingerprint density at radius 2 is 2.00 bits per heavy atom. The molecule has 0 aliphatic heterocycles. The lowest BCUT2D eigenvalue weighted by Gasteiger charge is -2.08. The van der Waals surface area contributed by atoms with Gasteiger partial charge in [-0.2, -0.15) is 0 Å². The highest BCUT2D eigenvalue weighted by atomic mass is 19.1. The molecule has 1 atom stereocenters. The standard InChI is InChI=1S/C11H12F2O/c1-7(2)5-11(14)9-6-8(12)3-4-10(9)13/h3-6,11,14H,1-2H3. The molecule has 0 aliphatic rings. The molecule has 1 nitrogen and oxygen atoms in total. The molecule has 1 unspecified atom stereocenters. The Bertz CT molecular complexity index is 354. The van der Waals surface area contributed by atoms with Crippen molar-refractivity contribution in [2.75, 3.05) is 0 Å². The minimum absolute atomic E-state index is 0.0359. The Morgan fingerprint density at radius 1 is 1.36 bits per heavy atom. The topological polar surface area (TPSA) is 20.2 Å². The van der Waals surface area contributed by atoms with Crippen LogP contribution in [0.3, 0.4) is 0 Å². The van der Waals surface area contributed by atoms with E-state index in [1.165, 1.54) is 6.08 Å². The average Bonchev–Trinajstić information content (AvgIpc) is 2.08. The van der Waals surface area contributed by atoms with Crippen LogP contribution in [-0.2, 0) is 0 Å². The van der Waals surface area contributed by atoms with Crippen molar-refractivity contribution < 1.29 is 13.9 Å². The van der Waals surface area contributed by atoms with E-state index >= 15 is 0 Å². The summed E-state index contributed by atoms with van der Waals surface area (Å²) in [6.45, 7) is 3.56. The van der Waals surface area contributed by atoms with Crippen molar-refractivity contribution in [2.45, 2.75) is 20.0 Å². The molecule has 1 rings (SSSR count). The van der Waals surface area contributed by atoms with Crippen LogP contribution in [0.1, 0.15) is 25.5 Å². The number of benzene rings is 1. The number of hydrogen-bond acceptors (Lipinski definition) is 1. The molecule has 0 heterocycles. The lowest BCUT2D eigenvalue weighted by atomic mass is 10.1. The fourth-order valence-electron chi connectivity index (χ4n) is 1.15. The predicted molar refractivity (Wildman–Crippen MR) is 50.7 cm³/mol. The largest absolute Gasteiger partial charge is 0.384 e. The van der Waals surface area contributed by atoms with Crippen LogP contribution in [0.2, 0.25) is 0 Å².